The van der Waals surface area contributed by atoms with Crippen LogP contribution in [0.2, 0.25) is 0 Å². The molecule has 0 radical (unpaired) electrons. The zero-order valence-electron chi connectivity index (χ0n) is 9.00. The van der Waals surface area contributed by atoms with Gasteiger partial charge in [-0.1, -0.05) is 13.3 Å². The summed E-state index contributed by atoms with van der Waals surface area (Å²) in [5.41, 5.74) is 0.774. The Morgan fingerprint density at radius 3 is 2.81 bits per heavy atom. The molecule has 0 aromatic carbocycles. The molecule has 0 spiro atoms. The Morgan fingerprint density at radius 1 is 1.31 bits per heavy atom. The van der Waals surface area contributed by atoms with Gasteiger partial charge in [0.1, 0.15) is 6.33 Å². The molecule has 0 saturated heterocycles. The Hall–Kier alpha value is -2.04. The fourth-order valence-corrected chi connectivity index (χ4v) is 1.38. The number of aryl methyl sites for hydroxylation is 1. The Bertz CT molecular complexity index is 518. The summed E-state index contributed by atoms with van der Waals surface area (Å²) in [7, 11) is 0. The van der Waals surface area contributed by atoms with E-state index < -0.39 is 0 Å². The van der Waals surface area contributed by atoms with Crippen LogP contribution >= 0.6 is 0 Å². The van der Waals surface area contributed by atoms with Crippen molar-refractivity contribution in [2.24, 2.45) is 0 Å². The Morgan fingerprint density at radius 2 is 2.19 bits per heavy atom. The van der Waals surface area contributed by atoms with E-state index in [1.807, 2.05) is 0 Å². The molecule has 2 heterocycles. The Balaban J connectivity index is 2.35. The van der Waals surface area contributed by atoms with Crippen LogP contribution in [0.25, 0.3) is 5.82 Å². The molecule has 0 atom stereocenters. The first kappa shape index (κ1) is 10.5. The summed E-state index contributed by atoms with van der Waals surface area (Å²) in [6.45, 7) is 2.08. The minimum Gasteiger partial charge on any atom is -0.269 e. The highest BCUT2D eigenvalue weighted by Crippen LogP contribution is 2.01. The molecular formula is C11H12N4O. The summed E-state index contributed by atoms with van der Waals surface area (Å²) in [6.07, 6.45) is 8.10. The lowest BCUT2D eigenvalue weighted by Gasteiger charge is -2.03. The van der Waals surface area contributed by atoms with Crippen molar-refractivity contribution >= 4 is 0 Å². The van der Waals surface area contributed by atoms with Crippen molar-refractivity contribution < 1.29 is 0 Å². The van der Waals surface area contributed by atoms with E-state index in [9.17, 15) is 4.79 Å². The molecule has 0 bridgehead atoms. The van der Waals surface area contributed by atoms with Crippen LogP contribution in [0.15, 0.2) is 35.8 Å². The van der Waals surface area contributed by atoms with Crippen LogP contribution in [0.1, 0.15) is 19.0 Å². The van der Waals surface area contributed by atoms with Crippen LogP contribution in [0.5, 0.6) is 0 Å². The van der Waals surface area contributed by atoms with Gasteiger partial charge >= 0.3 is 0 Å². The predicted molar refractivity (Wildman–Crippen MR) is 59.4 cm³/mol. The van der Waals surface area contributed by atoms with Crippen molar-refractivity contribution in [2.75, 3.05) is 0 Å². The van der Waals surface area contributed by atoms with Crippen LogP contribution in [-0.2, 0) is 6.42 Å². The molecule has 82 valence electrons. The lowest BCUT2D eigenvalue weighted by molar-refractivity contribution is 0.839. The van der Waals surface area contributed by atoms with Gasteiger partial charge in [-0.05, 0) is 6.42 Å². The van der Waals surface area contributed by atoms with Crippen LogP contribution < -0.4 is 5.56 Å². The zero-order chi connectivity index (χ0) is 11.4. The second-order valence-electron chi connectivity index (χ2n) is 3.40. The summed E-state index contributed by atoms with van der Waals surface area (Å²) in [6, 6.07) is 1.39. The first-order valence-corrected chi connectivity index (χ1v) is 5.15. The van der Waals surface area contributed by atoms with E-state index in [-0.39, 0.29) is 5.56 Å². The molecule has 2 aromatic heterocycles. The predicted octanol–water partition coefficient (Wildman–Crippen LogP) is 0.975. The van der Waals surface area contributed by atoms with Crippen molar-refractivity contribution in [3.05, 3.63) is 47.0 Å². The van der Waals surface area contributed by atoms with Crippen molar-refractivity contribution in [2.45, 2.75) is 19.8 Å². The maximum atomic E-state index is 11.5. The van der Waals surface area contributed by atoms with E-state index in [0.717, 1.165) is 18.5 Å². The molecule has 5 nitrogen and oxygen atoms in total. The highest BCUT2D eigenvalue weighted by molar-refractivity contribution is 5.18. The quantitative estimate of drug-likeness (QED) is 0.767. The highest BCUT2D eigenvalue weighted by atomic mass is 16.1. The number of nitrogens with zero attached hydrogens (tertiary/aromatic N) is 4. The van der Waals surface area contributed by atoms with Crippen LogP contribution in [-0.4, -0.2) is 19.5 Å². The topological polar surface area (TPSA) is 60.7 Å². The molecular weight excluding hydrogens is 204 g/mol. The molecule has 5 heteroatoms. The fourth-order valence-electron chi connectivity index (χ4n) is 1.38. The minimum absolute atomic E-state index is 0.160. The van der Waals surface area contributed by atoms with E-state index in [2.05, 4.69) is 21.9 Å². The van der Waals surface area contributed by atoms with E-state index in [1.54, 1.807) is 12.4 Å². The number of hydrogen-bond donors (Lipinski definition) is 0. The third kappa shape index (κ3) is 2.13. The van der Waals surface area contributed by atoms with Gasteiger partial charge in [0, 0.05) is 12.3 Å². The lowest BCUT2D eigenvalue weighted by atomic mass is 10.3. The zero-order valence-corrected chi connectivity index (χ0v) is 9.00. The lowest BCUT2D eigenvalue weighted by Crippen LogP contribution is -2.18. The van der Waals surface area contributed by atoms with E-state index in [1.165, 1.54) is 23.2 Å². The fraction of sp³-hybridized carbons (Fsp3) is 0.273. The van der Waals surface area contributed by atoms with Gasteiger partial charge in [-0.15, -0.1) is 0 Å². The standard InChI is InChI=1S/C11H12N4O/c1-2-3-9-6-14-10(7-13-9)15-8-12-5-4-11(15)16/h4-8H,2-3H2,1H3. The van der Waals surface area contributed by atoms with Gasteiger partial charge in [0.25, 0.3) is 5.56 Å². The maximum Gasteiger partial charge on any atom is 0.259 e. The van der Waals surface area contributed by atoms with Gasteiger partial charge in [-0.25, -0.2) is 14.5 Å². The number of rotatable bonds is 3. The summed E-state index contributed by atoms with van der Waals surface area (Å²) in [5, 5.41) is 0. The van der Waals surface area contributed by atoms with Gasteiger partial charge in [-0.3, -0.25) is 9.78 Å². The minimum atomic E-state index is -0.160. The third-order valence-corrected chi connectivity index (χ3v) is 2.17. The number of hydrogen-bond acceptors (Lipinski definition) is 4. The Labute approximate surface area is 92.8 Å². The van der Waals surface area contributed by atoms with Gasteiger partial charge in [-0.2, -0.15) is 0 Å². The molecule has 2 rings (SSSR count). The molecule has 0 aliphatic heterocycles. The van der Waals surface area contributed by atoms with Gasteiger partial charge in [0.05, 0.1) is 18.1 Å². The SMILES string of the molecule is CCCc1cnc(-n2cnccc2=O)cn1. The maximum absolute atomic E-state index is 11.5. The van der Waals surface area contributed by atoms with Gasteiger partial charge in [0.15, 0.2) is 5.82 Å². The third-order valence-electron chi connectivity index (χ3n) is 2.17. The van der Waals surface area contributed by atoms with Crippen molar-refractivity contribution in [1.29, 1.82) is 0 Å². The molecule has 0 saturated carbocycles. The average molecular weight is 216 g/mol. The van der Waals surface area contributed by atoms with Gasteiger partial charge in [0.2, 0.25) is 0 Å². The molecule has 16 heavy (non-hydrogen) atoms. The summed E-state index contributed by atoms with van der Waals surface area (Å²) < 4.78 is 1.36. The van der Waals surface area contributed by atoms with Crippen LogP contribution in [0, 0.1) is 0 Å². The molecule has 0 unspecified atom stereocenters. The first-order valence-electron chi connectivity index (χ1n) is 5.15. The number of aromatic nitrogens is 4. The first-order chi connectivity index (χ1) is 7.81. The second-order valence-corrected chi connectivity index (χ2v) is 3.40. The van der Waals surface area contributed by atoms with Crippen molar-refractivity contribution in [3.8, 4) is 5.82 Å². The summed E-state index contributed by atoms with van der Waals surface area (Å²) >= 11 is 0. The largest absolute Gasteiger partial charge is 0.269 e. The molecule has 0 amide bonds. The monoisotopic (exact) mass is 216 g/mol. The molecule has 0 aliphatic rings. The Kier molecular flexibility index (Phi) is 3.05. The van der Waals surface area contributed by atoms with Crippen LogP contribution in [0.3, 0.4) is 0 Å². The highest BCUT2D eigenvalue weighted by Gasteiger charge is 2.01. The van der Waals surface area contributed by atoms with Gasteiger partial charge < -0.3 is 0 Å². The molecule has 2 aromatic rings. The van der Waals surface area contributed by atoms with Crippen LogP contribution in [0.4, 0.5) is 0 Å². The van der Waals surface area contributed by atoms with E-state index in [0.29, 0.717) is 5.82 Å². The van der Waals surface area contributed by atoms with Crippen molar-refractivity contribution in [1.82, 2.24) is 19.5 Å². The smallest absolute Gasteiger partial charge is 0.259 e. The van der Waals surface area contributed by atoms with E-state index >= 15 is 0 Å². The second kappa shape index (κ2) is 4.65. The molecule has 0 fully saturated rings. The molecule has 0 N–H and O–H groups in total. The average Bonchev–Trinajstić information content (AvgIpc) is 2.31. The summed E-state index contributed by atoms with van der Waals surface area (Å²) in [5.74, 6) is 0.498. The van der Waals surface area contributed by atoms with E-state index in [4.69, 9.17) is 0 Å². The van der Waals surface area contributed by atoms with Crippen molar-refractivity contribution in [3.63, 3.8) is 0 Å². The normalized spacial score (nSPS) is 10.3. The molecule has 0 aliphatic carbocycles. The summed E-state index contributed by atoms with van der Waals surface area (Å²) in [4.78, 5) is 23.8.